The van der Waals surface area contributed by atoms with Crippen molar-refractivity contribution in [3.8, 4) is 0 Å². The van der Waals surface area contributed by atoms with Gasteiger partial charge in [-0.05, 0) is 46.4 Å². The standard InChI is InChI=1S/C15H12F2INO3/c1-19-13(5-8-3-4-9(18)6-11(8)16)10(15(21)22-2)7-12(17)14(19)20/h3-4,6-7H,5H2,1-2H3. The Morgan fingerprint density at radius 1 is 1.27 bits per heavy atom. The highest BCUT2D eigenvalue weighted by Gasteiger charge is 2.20. The maximum absolute atomic E-state index is 14.0. The van der Waals surface area contributed by atoms with Crippen LogP contribution < -0.4 is 5.56 Å². The highest BCUT2D eigenvalue weighted by atomic mass is 127. The third-order valence-electron chi connectivity index (χ3n) is 3.27. The summed E-state index contributed by atoms with van der Waals surface area (Å²) in [5.74, 6) is -2.30. The van der Waals surface area contributed by atoms with Crippen LogP contribution in [0.15, 0.2) is 29.1 Å². The number of ether oxygens (including phenoxy) is 1. The molecule has 1 aromatic carbocycles. The number of pyridine rings is 1. The van der Waals surface area contributed by atoms with E-state index in [0.29, 0.717) is 5.56 Å². The molecule has 116 valence electrons. The molecule has 0 saturated heterocycles. The number of hydrogen-bond donors (Lipinski definition) is 0. The van der Waals surface area contributed by atoms with Gasteiger partial charge < -0.3 is 9.30 Å². The van der Waals surface area contributed by atoms with Crippen LogP contribution >= 0.6 is 22.6 Å². The molecule has 0 bridgehead atoms. The molecule has 1 heterocycles. The van der Waals surface area contributed by atoms with Crippen molar-refractivity contribution in [3.05, 3.63) is 66.6 Å². The predicted octanol–water partition coefficient (Wildman–Crippen LogP) is 2.65. The largest absolute Gasteiger partial charge is 0.465 e. The average Bonchev–Trinajstić information content (AvgIpc) is 2.49. The molecule has 7 heteroatoms. The van der Waals surface area contributed by atoms with Gasteiger partial charge in [-0.15, -0.1) is 0 Å². The molecule has 22 heavy (non-hydrogen) atoms. The van der Waals surface area contributed by atoms with Gasteiger partial charge in [0.25, 0.3) is 5.56 Å². The first-order chi connectivity index (χ1) is 10.3. The minimum absolute atomic E-state index is 0.0286. The van der Waals surface area contributed by atoms with Crippen LogP contribution in [-0.4, -0.2) is 17.6 Å². The van der Waals surface area contributed by atoms with E-state index in [1.165, 1.54) is 13.1 Å². The molecule has 0 aliphatic rings. The van der Waals surface area contributed by atoms with Crippen LogP contribution in [-0.2, 0) is 18.2 Å². The second-order valence-electron chi connectivity index (χ2n) is 4.62. The fourth-order valence-electron chi connectivity index (χ4n) is 2.08. The number of aromatic nitrogens is 1. The maximum Gasteiger partial charge on any atom is 0.339 e. The second kappa shape index (κ2) is 6.55. The Bertz CT molecular complexity index is 802. The van der Waals surface area contributed by atoms with Gasteiger partial charge >= 0.3 is 5.97 Å². The maximum atomic E-state index is 14.0. The van der Waals surface area contributed by atoms with Gasteiger partial charge in [0.05, 0.1) is 12.7 Å². The van der Waals surface area contributed by atoms with E-state index in [4.69, 9.17) is 0 Å². The molecule has 4 nitrogen and oxygen atoms in total. The highest BCUT2D eigenvalue weighted by molar-refractivity contribution is 14.1. The van der Waals surface area contributed by atoms with Gasteiger partial charge in [0.1, 0.15) is 5.82 Å². The number of carbonyl (C=O) groups excluding carboxylic acids is 1. The van der Waals surface area contributed by atoms with E-state index < -0.39 is 23.2 Å². The van der Waals surface area contributed by atoms with Gasteiger partial charge in [-0.3, -0.25) is 4.79 Å². The minimum atomic E-state index is -1.06. The monoisotopic (exact) mass is 419 g/mol. The summed E-state index contributed by atoms with van der Waals surface area (Å²) in [6.45, 7) is 0. The number of rotatable bonds is 3. The summed E-state index contributed by atoms with van der Waals surface area (Å²) in [7, 11) is 2.48. The zero-order valence-electron chi connectivity index (χ0n) is 11.8. The third-order valence-corrected chi connectivity index (χ3v) is 3.95. The van der Waals surface area contributed by atoms with Crippen LogP contribution in [0, 0.1) is 15.2 Å². The molecule has 2 aromatic rings. The van der Waals surface area contributed by atoms with Crippen LogP contribution in [0.2, 0.25) is 0 Å². The fraction of sp³-hybridized carbons (Fsp3) is 0.200. The number of esters is 1. The molecular weight excluding hydrogens is 407 g/mol. The van der Waals surface area contributed by atoms with Crippen molar-refractivity contribution in [1.29, 1.82) is 0 Å². The van der Waals surface area contributed by atoms with Crippen molar-refractivity contribution >= 4 is 28.6 Å². The molecule has 0 spiro atoms. The lowest BCUT2D eigenvalue weighted by molar-refractivity contribution is 0.0597. The smallest absolute Gasteiger partial charge is 0.339 e. The highest BCUT2D eigenvalue weighted by Crippen LogP contribution is 2.19. The summed E-state index contributed by atoms with van der Waals surface area (Å²) in [5.41, 5.74) is -0.487. The van der Waals surface area contributed by atoms with Crippen molar-refractivity contribution in [2.75, 3.05) is 7.11 Å². The summed E-state index contributed by atoms with van der Waals surface area (Å²) >= 11 is 1.97. The van der Waals surface area contributed by atoms with E-state index in [1.54, 1.807) is 12.1 Å². The number of carbonyl (C=O) groups is 1. The van der Waals surface area contributed by atoms with Crippen LogP contribution in [0.5, 0.6) is 0 Å². The molecule has 0 aliphatic heterocycles. The number of halogens is 3. The molecule has 0 N–H and O–H groups in total. The zero-order chi connectivity index (χ0) is 16.4. The second-order valence-corrected chi connectivity index (χ2v) is 5.87. The zero-order valence-corrected chi connectivity index (χ0v) is 14.0. The first-order valence-electron chi connectivity index (χ1n) is 6.25. The molecule has 0 fully saturated rings. The van der Waals surface area contributed by atoms with E-state index >= 15 is 0 Å². The molecule has 0 aliphatic carbocycles. The molecule has 1 aromatic heterocycles. The van der Waals surface area contributed by atoms with Gasteiger partial charge in [0.2, 0.25) is 0 Å². The molecule has 0 saturated carbocycles. The number of benzene rings is 1. The van der Waals surface area contributed by atoms with Crippen LogP contribution in [0.3, 0.4) is 0 Å². The number of nitrogens with zero attached hydrogens (tertiary/aromatic N) is 1. The van der Waals surface area contributed by atoms with E-state index in [1.807, 2.05) is 22.6 Å². The van der Waals surface area contributed by atoms with Gasteiger partial charge in [-0.25, -0.2) is 13.6 Å². The lowest BCUT2D eigenvalue weighted by Crippen LogP contribution is -2.27. The first-order valence-corrected chi connectivity index (χ1v) is 7.33. The summed E-state index contributed by atoms with van der Waals surface area (Å²) < 4.78 is 33.9. The van der Waals surface area contributed by atoms with E-state index in [0.717, 1.165) is 21.3 Å². The molecule has 0 amide bonds. The van der Waals surface area contributed by atoms with E-state index in [2.05, 4.69) is 4.74 Å². The van der Waals surface area contributed by atoms with Crippen LogP contribution in [0.1, 0.15) is 21.6 Å². The van der Waals surface area contributed by atoms with Crippen LogP contribution in [0.4, 0.5) is 8.78 Å². The number of hydrogen-bond acceptors (Lipinski definition) is 3. The third kappa shape index (κ3) is 3.18. The van der Waals surface area contributed by atoms with Crippen molar-refractivity contribution in [2.24, 2.45) is 7.05 Å². The average molecular weight is 419 g/mol. The lowest BCUT2D eigenvalue weighted by Gasteiger charge is -2.13. The van der Waals surface area contributed by atoms with Crippen LogP contribution in [0.25, 0.3) is 0 Å². The van der Waals surface area contributed by atoms with Crippen molar-refractivity contribution in [2.45, 2.75) is 6.42 Å². The summed E-state index contributed by atoms with van der Waals surface area (Å²) in [5, 5.41) is 0. The summed E-state index contributed by atoms with van der Waals surface area (Å²) in [6, 6.07) is 5.44. The molecule has 2 rings (SSSR count). The van der Waals surface area contributed by atoms with Crippen molar-refractivity contribution in [1.82, 2.24) is 4.57 Å². The summed E-state index contributed by atoms with van der Waals surface area (Å²) in [6.07, 6.45) is -0.0286. The molecule has 0 radical (unpaired) electrons. The Balaban J connectivity index is 2.60. The number of methoxy groups -OCH3 is 1. The van der Waals surface area contributed by atoms with E-state index in [9.17, 15) is 18.4 Å². The first kappa shape index (κ1) is 16.6. The lowest BCUT2D eigenvalue weighted by atomic mass is 10.0. The molecular formula is C15H12F2INO3. The van der Waals surface area contributed by atoms with Gasteiger partial charge in [-0.1, -0.05) is 6.07 Å². The Morgan fingerprint density at radius 2 is 1.95 bits per heavy atom. The fourth-order valence-corrected chi connectivity index (χ4v) is 2.53. The Labute approximate surface area is 138 Å². The SMILES string of the molecule is COC(=O)c1cc(F)c(=O)n(C)c1Cc1ccc(I)cc1F. The molecule has 0 unspecified atom stereocenters. The minimum Gasteiger partial charge on any atom is -0.465 e. The quantitative estimate of drug-likeness (QED) is 0.568. The predicted molar refractivity (Wildman–Crippen MR) is 84.9 cm³/mol. The van der Waals surface area contributed by atoms with Gasteiger partial charge in [0.15, 0.2) is 5.82 Å². The topological polar surface area (TPSA) is 48.3 Å². The van der Waals surface area contributed by atoms with Crippen molar-refractivity contribution in [3.63, 3.8) is 0 Å². The van der Waals surface area contributed by atoms with Gasteiger partial charge in [-0.2, -0.15) is 0 Å². The molecule has 0 atom stereocenters. The Morgan fingerprint density at radius 3 is 2.55 bits per heavy atom. The Kier molecular flexibility index (Phi) is 4.94. The Hall–Kier alpha value is -1.77. The summed E-state index contributed by atoms with van der Waals surface area (Å²) in [4.78, 5) is 23.5. The normalized spacial score (nSPS) is 10.6. The van der Waals surface area contributed by atoms with E-state index in [-0.39, 0.29) is 17.7 Å². The van der Waals surface area contributed by atoms with Crippen molar-refractivity contribution < 1.29 is 18.3 Å². The van der Waals surface area contributed by atoms with Gasteiger partial charge in [0, 0.05) is 22.7 Å².